The summed E-state index contributed by atoms with van der Waals surface area (Å²) in [7, 11) is 0. The maximum absolute atomic E-state index is 12.8. The first-order valence-electron chi connectivity index (χ1n) is 11.4. The number of rotatable bonds is 6. The van der Waals surface area contributed by atoms with Crippen LogP contribution in [0.3, 0.4) is 0 Å². The summed E-state index contributed by atoms with van der Waals surface area (Å²) in [5.41, 5.74) is 1.23. The van der Waals surface area contributed by atoms with E-state index in [2.05, 4.69) is 25.6 Å². The summed E-state index contributed by atoms with van der Waals surface area (Å²) < 4.78 is 5.41. The van der Waals surface area contributed by atoms with E-state index >= 15 is 0 Å². The molecule has 0 saturated carbocycles. The van der Waals surface area contributed by atoms with Gasteiger partial charge in [-0.15, -0.1) is 0 Å². The lowest BCUT2D eigenvalue weighted by atomic mass is 9.97. The molecule has 2 N–H and O–H groups in total. The third kappa shape index (κ3) is 6.17. The average molecular weight is 473 g/mol. The number of hydrogen-bond donors (Lipinski definition) is 2. The third-order valence-electron chi connectivity index (χ3n) is 6.17. The van der Waals surface area contributed by atoms with E-state index in [9.17, 15) is 9.59 Å². The van der Waals surface area contributed by atoms with Gasteiger partial charge in [0.2, 0.25) is 11.8 Å². The maximum atomic E-state index is 12.8. The zero-order valence-electron chi connectivity index (χ0n) is 18.7. The summed E-state index contributed by atoms with van der Waals surface area (Å²) >= 11 is 6.40. The molecular formula is C23H29ClN6O3. The van der Waals surface area contributed by atoms with Crippen LogP contribution in [0.5, 0.6) is 0 Å². The lowest BCUT2D eigenvalue weighted by molar-refractivity contribution is -0.132. The fourth-order valence-corrected chi connectivity index (χ4v) is 4.39. The molecule has 10 heteroatoms. The molecule has 0 aliphatic carbocycles. The number of anilines is 2. The van der Waals surface area contributed by atoms with Crippen molar-refractivity contribution in [2.45, 2.75) is 32.6 Å². The molecule has 33 heavy (non-hydrogen) atoms. The predicted octanol–water partition coefficient (Wildman–Crippen LogP) is 3.23. The Morgan fingerprint density at radius 1 is 1.18 bits per heavy atom. The van der Waals surface area contributed by atoms with Gasteiger partial charge < -0.3 is 20.3 Å². The molecule has 1 atom stereocenters. The van der Waals surface area contributed by atoms with Gasteiger partial charge in [0.15, 0.2) is 0 Å². The van der Waals surface area contributed by atoms with Crippen LogP contribution in [0.25, 0.3) is 11.3 Å². The number of carbonyl (C=O) groups excluding carboxylic acids is 2. The van der Waals surface area contributed by atoms with Crippen molar-refractivity contribution in [3.8, 4) is 11.3 Å². The SMILES string of the molecule is CC(=O)N1CCCC(C(=O)Nc2cc(-c3cncc(NCC4CCOCC4)n3)c(Cl)cn2)C1. The number of likely N-dealkylation sites (tertiary alicyclic amines) is 1. The Morgan fingerprint density at radius 2 is 2.00 bits per heavy atom. The first-order valence-corrected chi connectivity index (χ1v) is 11.7. The summed E-state index contributed by atoms with van der Waals surface area (Å²) in [5, 5.41) is 6.65. The smallest absolute Gasteiger partial charge is 0.230 e. The lowest BCUT2D eigenvalue weighted by Gasteiger charge is -2.31. The quantitative estimate of drug-likeness (QED) is 0.664. The normalized spacial score (nSPS) is 19.2. The Bertz CT molecular complexity index is 998. The number of piperidine rings is 1. The minimum atomic E-state index is -0.263. The van der Waals surface area contributed by atoms with Gasteiger partial charge in [-0.3, -0.25) is 14.6 Å². The zero-order chi connectivity index (χ0) is 23.2. The van der Waals surface area contributed by atoms with E-state index < -0.39 is 0 Å². The number of nitrogens with zero attached hydrogens (tertiary/aromatic N) is 4. The van der Waals surface area contributed by atoms with Crippen molar-refractivity contribution in [2.75, 3.05) is 43.5 Å². The van der Waals surface area contributed by atoms with E-state index in [1.54, 1.807) is 23.4 Å². The number of ether oxygens (including phenoxy) is 1. The molecule has 1 unspecified atom stereocenters. The molecule has 4 heterocycles. The van der Waals surface area contributed by atoms with E-state index in [1.165, 1.54) is 13.1 Å². The van der Waals surface area contributed by atoms with Crippen LogP contribution in [-0.4, -0.2) is 64.5 Å². The van der Waals surface area contributed by atoms with Gasteiger partial charge in [-0.1, -0.05) is 11.6 Å². The predicted molar refractivity (Wildman–Crippen MR) is 126 cm³/mol. The second kappa shape index (κ2) is 10.9. The largest absolute Gasteiger partial charge is 0.381 e. The number of hydrogen-bond acceptors (Lipinski definition) is 7. The van der Waals surface area contributed by atoms with Crippen LogP contribution < -0.4 is 10.6 Å². The first kappa shape index (κ1) is 23.4. The molecule has 2 aliphatic rings. The molecule has 9 nitrogen and oxygen atoms in total. The molecule has 2 saturated heterocycles. The standard InChI is InChI=1S/C23H29ClN6O3/c1-15(31)30-6-2-3-17(14-30)23(32)29-21-9-18(19(24)11-27-21)20-12-25-13-22(28-20)26-10-16-4-7-33-8-5-16/h9,11-13,16-17H,2-8,10,14H2,1H3,(H,26,28)(H,27,29,32). The second-order valence-electron chi connectivity index (χ2n) is 8.57. The minimum Gasteiger partial charge on any atom is -0.381 e. The Morgan fingerprint density at radius 3 is 2.79 bits per heavy atom. The zero-order valence-corrected chi connectivity index (χ0v) is 19.5. The molecule has 2 aromatic rings. The highest BCUT2D eigenvalue weighted by molar-refractivity contribution is 6.33. The fraction of sp³-hybridized carbons (Fsp3) is 0.522. The molecule has 2 amide bonds. The van der Waals surface area contributed by atoms with E-state index in [0.717, 1.165) is 45.4 Å². The second-order valence-corrected chi connectivity index (χ2v) is 8.98. The van der Waals surface area contributed by atoms with Gasteiger partial charge in [0.25, 0.3) is 0 Å². The van der Waals surface area contributed by atoms with Crippen LogP contribution in [0.15, 0.2) is 24.7 Å². The number of halogens is 1. The summed E-state index contributed by atoms with van der Waals surface area (Å²) in [6.07, 6.45) is 8.43. The molecule has 0 spiro atoms. The number of aromatic nitrogens is 3. The van der Waals surface area contributed by atoms with E-state index in [1.807, 2.05) is 0 Å². The fourth-order valence-electron chi connectivity index (χ4n) is 4.19. The molecule has 2 fully saturated rings. The van der Waals surface area contributed by atoms with Gasteiger partial charge in [0.05, 0.1) is 29.0 Å². The van der Waals surface area contributed by atoms with E-state index in [4.69, 9.17) is 16.3 Å². The third-order valence-corrected chi connectivity index (χ3v) is 6.47. The molecule has 0 bridgehead atoms. The van der Waals surface area contributed by atoms with Crippen molar-refractivity contribution in [1.29, 1.82) is 0 Å². The Balaban J connectivity index is 1.43. The maximum Gasteiger partial charge on any atom is 0.230 e. The van der Waals surface area contributed by atoms with Crippen LogP contribution in [0.1, 0.15) is 32.6 Å². The summed E-state index contributed by atoms with van der Waals surface area (Å²) in [6.45, 7) is 5.06. The number of nitrogens with one attached hydrogen (secondary N) is 2. The highest BCUT2D eigenvalue weighted by Gasteiger charge is 2.27. The Hall–Kier alpha value is -2.78. The summed E-state index contributed by atoms with van der Waals surface area (Å²) in [5.74, 6) is 1.18. The molecular weight excluding hydrogens is 444 g/mol. The Kier molecular flexibility index (Phi) is 7.72. The molecule has 0 radical (unpaired) electrons. The van der Waals surface area contributed by atoms with Gasteiger partial charge in [-0.25, -0.2) is 9.97 Å². The van der Waals surface area contributed by atoms with Gasteiger partial charge in [-0.2, -0.15) is 0 Å². The summed E-state index contributed by atoms with van der Waals surface area (Å²) in [4.78, 5) is 39.4. The van der Waals surface area contributed by atoms with Crippen molar-refractivity contribution in [3.05, 3.63) is 29.7 Å². The van der Waals surface area contributed by atoms with E-state index in [0.29, 0.717) is 46.9 Å². The van der Waals surface area contributed by atoms with Gasteiger partial charge in [-0.05, 0) is 37.7 Å². The number of carbonyl (C=O) groups is 2. The van der Waals surface area contributed by atoms with Crippen LogP contribution in [0.4, 0.5) is 11.6 Å². The first-order chi connectivity index (χ1) is 16.0. The molecule has 176 valence electrons. The van der Waals surface area contributed by atoms with Crippen molar-refractivity contribution in [3.63, 3.8) is 0 Å². The van der Waals surface area contributed by atoms with Crippen molar-refractivity contribution >= 4 is 35.1 Å². The topological polar surface area (TPSA) is 109 Å². The van der Waals surface area contributed by atoms with Crippen molar-refractivity contribution < 1.29 is 14.3 Å². The van der Waals surface area contributed by atoms with E-state index in [-0.39, 0.29) is 17.7 Å². The number of pyridine rings is 1. The van der Waals surface area contributed by atoms with Crippen LogP contribution in [0.2, 0.25) is 5.02 Å². The molecule has 4 rings (SSSR count). The van der Waals surface area contributed by atoms with Gasteiger partial charge in [0.1, 0.15) is 11.6 Å². The monoisotopic (exact) mass is 472 g/mol. The lowest BCUT2D eigenvalue weighted by Crippen LogP contribution is -2.42. The van der Waals surface area contributed by atoms with Gasteiger partial charge in [0, 0.05) is 51.5 Å². The van der Waals surface area contributed by atoms with Crippen molar-refractivity contribution in [2.24, 2.45) is 11.8 Å². The van der Waals surface area contributed by atoms with Crippen LogP contribution in [0, 0.1) is 11.8 Å². The number of amides is 2. The minimum absolute atomic E-state index is 0.0108. The molecule has 2 aromatic heterocycles. The Labute approximate surface area is 198 Å². The van der Waals surface area contributed by atoms with Crippen LogP contribution in [-0.2, 0) is 14.3 Å². The van der Waals surface area contributed by atoms with Gasteiger partial charge >= 0.3 is 0 Å². The molecule has 2 aliphatic heterocycles. The summed E-state index contributed by atoms with van der Waals surface area (Å²) in [6, 6.07) is 1.71. The van der Waals surface area contributed by atoms with Crippen molar-refractivity contribution in [1.82, 2.24) is 19.9 Å². The average Bonchev–Trinajstić information content (AvgIpc) is 2.85. The van der Waals surface area contributed by atoms with Crippen LogP contribution >= 0.6 is 11.6 Å². The highest BCUT2D eigenvalue weighted by atomic mass is 35.5. The highest BCUT2D eigenvalue weighted by Crippen LogP contribution is 2.29. The molecule has 0 aromatic carbocycles.